The van der Waals surface area contributed by atoms with Crippen molar-refractivity contribution < 1.29 is 19.1 Å². The second kappa shape index (κ2) is 10.7. The van der Waals surface area contributed by atoms with Crippen LogP contribution in [-0.2, 0) is 14.4 Å². The molecule has 0 spiro atoms. The van der Waals surface area contributed by atoms with Crippen molar-refractivity contribution in [2.45, 2.75) is 26.7 Å². The number of anilines is 1. The fraction of sp³-hybridized carbons (Fsp3) is 0.227. The topological polar surface area (TPSA) is 96.5 Å². The Labute approximate surface area is 170 Å². The van der Waals surface area contributed by atoms with Gasteiger partial charge in [-0.3, -0.25) is 25.2 Å². The van der Waals surface area contributed by atoms with Crippen LogP contribution in [0.25, 0.3) is 6.08 Å². The number of carbonyl (C=O) groups excluding carboxylic acids is 3. The SMILES string of the molecule is COc1ccc(/C=C/C(=O)NNC(=O)CCC(=O)Nc2cc(C)ccc2C)cc1. The van der Waals surface area contributed by atoms with Crippen LogP contribution in [0, 0.1) is 13.8 Å². The number of nitrogens with one attached hydrogen (secondary N) is 3. The molecule has 0 aromatic heterocycles. The van der Waals surface area contributed by atoms with Gasteiger partial charge in [0.2, 0.25) is 11.8 Å². The highest BCUT2D eigenvalue weighted by molar-refractivity contribution is 5.95. The summed E-state index contributed by atoms with van der Waals surface area (Å²) in [7, 11) is 1.58. The molecule has 0 saturated carbocycles. The summed E-state index contributed by atoms with van der Waals surface area (Å²) in [5.74, 6) is -0.471. The van der Waals surface area contributed by atoms with Gasteiger partial charge in [0, 0.05) is 24.6 Å². The Morgan fingerprint density at radius 2 is 1.62 bits per heavy atom. The third-order valence-electron chi connectivity index (χ3n) is 4.11. The Morgan fingerprint density at radius 1 is 0.931 bits per heavy atom. The van der Waals surface area contributed by atoms with E-state index in [1.54, 1.807) is 37.5 Å². The van der Waals surface area contributed by atoms with E-state index >= 15 is 0 Å². The number of benzene rings is 2. The summed E-state index contributed by atoms with van der Waals surface area (Å²) in [4.78, 5) is 35.6. The molecular weight excluding hydrogens is 370 g/mol. The molecule has 7 heteroatoms. The number of hydrogen-bond donors (Lipinski definition) is 3. The maximum atomic E-state index is 12.0. The van der Waals surface area contributed by atoms with Crippen LogP contribution in [0.5, 0.6) is 5.75 Å². The molecule has 0 aliphatic rings. The van der Waals surface area contributed by atoms with E-state index in [1.807, 2.05) is 32.0 Å². The quantitative estimate of drug-likeness (QED) is 0.496. The smallest absolute Gasteiger partial charge is 0.262 e. The van der Waals surface area contributed by atoms with Crippen LogP contribution in [0.3, 0.4) is 0 Å². The molecule has 0 radical (unpaired) electrons. The highest BCUT2D eigenvalue weighted by Crippen LogP contribution is 2.16. The number of amides is 3. The first-order valence-corrected chi connectivity index (χ1v) is 9.15. The van der Waals surface area contributed by atoms with Crippen molar-refractivity contribution in [3.63, 3.8) is 0 Å². The highest BCUT2D eigenvalue weighted by Gasteiger charge is 2.09. The van der Waals surface area contributed by atoms with E-state index in [1.165, 1.54) is 6.08 Å². The number of hydrogen-bond acceptors (Lipinski definition) is 4. The van der Waals surface area contributed by atoms with E-state index < -0.39 is 11.8 Å². The molecule has 7 nitrogen and oxygen atoms in total. The molecule has 29 heavy (non-hydrogen) atoms. The average Bonchev–Trinajstić information content (AvgIpc) is 2.72. The van der Waals surface area contributed by atoms with Gasteiger partial charge < -0.3 is 10.1 Å². The van der Waals surface area contributed by atoms with E-state index in [0.717, 1.165) is 28.1 Å². The Bertz CT molecular complexity index is 905. The van der Waals surface area contributed by atoms with Crippen molar-refractivity contribution in [3.8, 4) is 5.75 Å². The molecule has 0 bridgehead atoms. The third-order valence-corrected chi connectivity index (χ3v) is 4.11. The molecule has 3 amide bonds. The van der Waals surface area contributed by atoms with Crippen LogP contribution in [-0.4, -0.2) is 24.8 Å². The summed E-state index contributed by atoms with van der Waals surface area (Å²) in [5.41, 5.74) is 8.10. The molecule has 0 fully saturated rings. The number of rotatable bonds is 7. The number of ether oxygens (including phenoxy) is 1. The van der Waals surface area contributed by atoms with Gasteiger partial charge in [0.1, 0.15) is 5.75 Å². The predicted molar refractivity (Wildman–Crippen MR) is 112 cm³/mol. The lowest BCUT2D eigenvalue weighted by Crippen LogP contribution is -2.41. The van der Waals surface area contributed by atoms with Gasteiger partial charge in [-0.2, -0.15) is 0 Å². The van der Waals surface area contributed by atoms with E-state index in [2.05, 4.69) is 16.2 Å². The monoisotopic (exact) mass is 395 g/mol. The van der Waals surface area contributed by atoms with Crippen molar-refractivity contribution in [2.24, 2.45) is 0 Å². The van der Waals surface area contributed by atoms with Gasteiger partial charge in [-0.25, -0.2) is 0 Å². The van der Waals surface area contributed by atoms with Crippen LogP contribution in [0.4, 0.5) is 5.69 Å². The van der Waals surface area contributed by atoms with E-state index in [0.29, 0.717) is 0 Å². The number of hydrazine groups is 1. The van der Waals surface area contributed by atoms with E-state index in [4.69, 9.17) is 4.74 Å². The highest BCUT2D eigenvalue weighted by atomic mass is 16.5. The van der Waals surface area contributed by atoms with Crippen LogP contribution in [0.1, 0.15) is 29.5 Å². The summed E-state index contributed by atoms with van der Waals surface area (Å²) < 4.78 is 5.06. The lowest BCUT2D eigenvalue weighted by molar-refractivity contribution is -0.128. The van der Waals surface area contributed by atoms with Crippen LogP contribution in [0.15, 0.2) is 48.5 Å². The molecule has 0 unspecified atom stereocenters. The van der Waals surface area contributed by atoms with Gasteiger partial charge in [0.15, 0.2) is 0 Å². The predicted octanol–water partition coefficient (Wildman–Crippen LogP) is 2.89. The maximum Gasteiger partial charge on any atom is 0.262 e. The summed E-state index contributed by atoms with van der Waals surface area (Å²) in [5, 5.41) is 2.79. The Balaban J connectivity index is 1.71. The molecule has 2 rings (SSSR count). The van der Waals surface area contributed by atoms with E-state index in [9.17, 15) is 14.4 Å². The molecule has 0 saturated heterocycles. The minimum Gasteiger partial charge on any atom is -0.497 e. The minimum absolute atomic E-state index is 0.0107. The summed E-state index contributed by atoms with van der Waals surface area (Å²) >= 11 is 0. The maximum absolute atomic E-state index is 12.0. The summed E-state index contributed by atoms with van der Waals surface area (Å²) in [6.45, 7) is 3.84. The van der Waals surface area contributed by atoms with Gasteiger partial charge in [0.05, 0.1) is 7.11 Å². The lowest BCUT2D eigenvalue weighted by Gasteiger charge is -2.09. The largest absolute Gasteiger partial charge is 0.497 e. The standard InChI is InChI=1S/C22H25N3O4/c1-15-4-5-16(2)19(14-15)23-20(26)12-13-22(28)25-24-21(27)11-8-17-6-9-18(29-3)10-7-17/h4-11,14H,12-13H2,1-3H3,(H,23,26)(H,24,27)(H,25,28)/b11-8+. The third kappa shape index (κ3) is 7.50. The fourth-order valence-corrected chi connectivity index (χ4v) is 2.43. The Kier molecular flexibility index (Phi) is 7.97. The van der Waals surface area contributed by atoms with E-state index in [-0.39, 0.29) is 18.7 Å². The Morgan fingerprint density at radius 3 is 2.31 bits per heavy atom. The van der Waals surface area contributed by atoms with Crippen molar-refractivity contribution >= 4 is 29.5 Å². The molecule has 2 aromatic carbocycles. The minimum atomic E-state index is -0.478. The second-order valence-corrected chi connectivity index (χ2v) is 6.51. The normalized spacial score (nSPS) is 10.4. The molecular formula is C22H25N3O4. The molecule has 2 aromatic rings. The molecule has 152 valence electrons. The molecule has 3 N–H and O–H groups in total. The summed E-state index contributed by atoms with van der Waals surface area (Å²) in [6, 6.07) is 12.9. The zero-order chi connectivity index (χ0) is 21.2. The average molecular weight is 395 g/mol. The van der Waals surface area contributed by atoms with Gasteiger partial charge in [-0.15, -0.1) is 0 Å². The van der Waals surface area contributed by atoms with Crippen molar-refractivity contribution in [1.82, 2.24) is 10.9 Å². The molecule has 0 aliphatic heterocycles. The van der Waals surface area contributed by atoms with Gasteiger partial charge in [-0.1, -0.05) is 24.3 Å². The first-order valence-electron chi connectivity index (χ1n) is 9.15. The molecule has 0 heterocycles. The first kappa shape index (κ1) is 21.7. The van der Waals surface area contributed by atoms with Crippen molar-refractivity contribution in [2.75, 3.05) is 12.4 Å². The van der Waals surface area contributed by atoms with Crippen molar-refractivity contribution in [1.29, 1.82) is 0 Å². The second-order valence-electron chi connectivity index (χ2n) is 6.51. The van der Waals surface area contributed by atoms with Crippen LogP contribution < -0.4 is 20.9 Å². The summed E-state index contributed by atoms with van der Waals surface area (Å²) in [6.07, 6.45) is 2.88. The zero-order valence-electron chi connectivity index (χ0n) is 16.7. The number of carbonyl (C=O) groups is 3. The Hall–Kier alpha value is -3.61. The molecule has 0 aliphatic carbocycles. The van der Waals surface area contributed by atoms with Gasteiger partial charge >= 0.3 is 0 Å². The van der Waals surface area contributed by atoms with Crippen LogP contribution in [0.2, 0.25) is 0 Å². The number of aryl methyl sites for hydroxylation is 2. The van der Waals surface area contributed by atoms with Gasteiger partial charge in [0.25, 0.3) is 5.91 Å². The van der Waals surface area contributed by atoms with Crippen LogP contribution >= 0.6 is 0 Å². The fourth-order valence-electron chi connectivity index (χ4n) is 2.43. The number of methoxy groups -OCH3 is 1. The van der Waals surface area contributed by atoms with Gasteiger partial charge in [-0.05, 0) is 54.8 Å². The lowest BCUT2D eigenvalue weighted by atomic mass is 10.1. The molecule has 0 atom stereocenters. The zero-order valence-corrected chi connectivity index (χ0v) is 16.7. The first-order chi connectivity index (χ1) is 13.9. The van der Waals surface area contributed by atoms with Crippen molar-refractivity contribution in [3.05, 3.63) is 65.2 Å².